The summed E-state index contributed by atoms with van der Waals surface area (Å²) >= 11 is 0. The smallest absolute Gasteiger partial charge is 0.328 e. The second kappa shape index (κ2) is 12.4. The maximum absolute atomic E-state index is 13.4. The Kier molecular flexibility index (Phi) is 8.49. The first-order chi connectivity index (χ1) is 19.5. The number of ether oxygens (including phenoxy) is 4. The lowest BCUT2D eigenvalue weighted by Gasteiger charge is -2.31. The minimum Gasteiger partial charge on any atom is -0.486 e. The van der Waals surface area contributed by atoms with Crippen LogP contribution in [0.4, 0.5) is 16.4 Å². The number of aromatic nitrogens is 2. The molecule has 40 heavy (non-hydrogen) atoms. The van der Waals surface area contributed by atoms with E-state index in [1.54, 1.807) is 12.0 Å². The molecule has 2 saturated heterocycles. The number of amides is 3. The molecule has 0 saturated carbocycles. The van der Waals surface area contributed by atoms with Gasteiger partial charge in [-0.1, -0.05) is 0 Å². The maximum atomic E-state index is 13.4. The van der Waals surface area contributed by atoms with Crippen molar-refractivity contribution in [2.45, 2.75) is 38.0 Å². The standard InChI is InChI=1S/C27H30N6O7/c1-37-23-15-38-7-4-21(23)40-22-10-24(29-12-19(22)11-28)31-27(36)33-5-2-3-17-9-18(20(14-34)30-26(17)33)13-32-6-8-39-16-25(32)35/h9-10,12,14,21,23H,2-8,13,15-16H2,1H3,(H,29,31,36)/t21-,23?/m0/s1. The van der Waals surface area contributed by atoms with Gasteiger partial charge in [-0.25, -0.2) is 14.8 Å². The Hall–Kier alpha value is -4.12. The molecule has 0 spiro atoms. The van der Waals surface area contributed by atoms with Gasteiger partial charge in [-0.05, 0) is 24.5 Å². The number of fused-ring (bicyclic) bond motifs is 1. The van der Waals surface area contributed by atoms with Crippen molar-refractivity contribution < 1.29 is 33.3 Å². The van der Waals surface area contributed by atoms with Crippen LogP contribution < -0.4 is 15.0 Å². The molecule has 2 atom stereocenters. The van der Waals surface area contributed by atoms with Crippen LogP contribution in [-0.4, -0.2) is 91.9 Å². The van der Waals surface area contributed by atoms with Crippen LogP contribution in [0.2, 0.25) is 0 Å². The Bertz CT molecular complexity index is 1330. The van der Waals surface area contributed by atoms with E-state index in [1.165, 1.54) is 17.2 Å². The van der Waals surface area contributed by atoms with Crippen molar-refractivity contribution >= 4 is 29.9 Å². The van der Waals surface area contributed by atoms with Gasteiger partial charge < -0.3 is 23.8 Å². The summed E-state index contributed by atoms with van der Waals surface area (Å²) in [5.41, 5.74) is 1.84. The fraction of sp³-hybridized carbons (Fsp3) is 0.481. The Labute approximate surface area is 231 Å². The highest BCUT2D eigenvalue weighted by atomic mass is 16.6. The Morgan fingerprint density at radius 2 is 2.15 bits per heavy atom. The number of anilines is 2. The molecule has 3 aliphatic heterocycles. The molecule has 0 aliphatic carbocycles. The fourth-order valence-electron chi connectivity index (χ4n) is 4.98. The van der Waals surface area contributed by atoms with Crippen molar-refractivity contribution in [2.24, 2.45) is 0 Å². The average molecular weight is 551 g/mol. The molecule has 13 heteroatoms. The van der Waals surface area contributed by atoms with Crippen LogP contribution in [0, 0.1) is 11.3 Å². The summed E-state index contributed by atoms with van der Waals surface area (Å²) in [4.78, 5) is 49.3. The van der Waals surface area contributed by atoms with Crippen LogP contribution >= 0.6 is 0 Å². The third-order valence-corrected chi connectivity index (χ3v) is 7.12. The number of rotatable bonds is 7. The van der Waals surface area contributed by atoms with Gasteiger partial charge in [0.15, 0.2) is 6.29 Å². The third kappa shape index (κ3) is 5.89. The summed E-state index contributed by atoms with van der Waals surface area (Å²) in [6.45, 7) is 2.42. The Morgan fingerprint density at radius 3 is 2.92 bits per heavy atom. The number of urea groups is 1. The minimum atomic E-state index is -0.481. The summed E-state index contributed by atoms with van der Waals surface area (Å²) < 4.78 is 22.2. The second-order valence-electron chi connectivity index (χ2n) is 9.66. The molecule has 0 bridgehead atoms. The molecule has 0 aromatic carbocycles. The molecule has 3 aliphatic rings. The predicted molar refractivity (Wildman–Crippen MR) is 140 cm³/mol. The number of hydrogen-bond donors (Lipinski definition) is 1. The monoisotopic (exact) mass is 550 g/mol. The molecule has 13 nitrogen and oxygen atoms in total. The van der Waals surface area contributed by atoms with Crippen molar-refractivity contribution in [3.63, 3.8) is 0 Å². The number of nitrogens with zero attached hydrogens (tertiary/aromatic N) is 5. The molecule has 1 unspecified atom stereocenters. The van der Waals surface area contributed by atoms with Gasteiger partial charge >= 0.3 is 6.03 Å². The highest BCUT2D eigenvalue weighted by molar-refractivity contribution is 6.01. The lowest BCUT2D eigenvalue weighted by Crippen LogP contribution is -2.42. The van der Waals surface area contributed by atoms with Gasteiger partial charge in [-0.2, -0.15) is 5.26 Å². The summed E-state index contributed by atoms with van der Waals surface area (Å²) in [5, 5.41) is 12.3. The summed E-state index contributed by atoms with van der Waals surface area (Å²) in [7, 11) is 1.57. The Morgan fingerprint density at radius 1 is 1.27 bits per heavy atom. The molecule has 5 heterocycles. The van der Waals surface area contributed by atoms with Crippen molar-refractivity contribution in [1.82, 2.24) is 14.9 Å². The van der Waals surface area contributed by atoms with Gasteiger partial charge in [-0.3, -0.25) is 19.8 Å². The van der Waals surface area contributed by atoms with E-state index in [4.69, 9.17) is 18.9 Å². The number of carbonyl (C=O) groups excluding carboxylic acids is 3. The number of hydrogen-bond acceptors (Lipinski definition) is 10. The quantitative estimate of drug-likeness (QED) is 0.503. The van der Waals surface area contributed by atoms with E-state index in [0.29, 0.717) is 69.8 Å². The molecule has 5 rings (SSSR count). The average Bonchev–Trinajstić information content (AvgIpc) is 2.98. The van der Waals surface area contributed by atoms with Crippen LogP contribution in [0.3, 0.4) is 0 Å². The molecule has 2 fully saturated rings. The number of morpholine rings is 1. The normalized spacial score (nSPS) is 20.9. The lowest BCUT2D eigenvalue weighted by atomic mass is 10.0. The molecule has 1 N–H and O–H groups in total. The van der Waals surface area contributed by atoms with Gasteiger partial charge in [0.1, 0.15) is 53.5 Å². The third-order valence-electron chi connectivity index (χ3n) is 7.12. The van der Waals surface area contributed by atoms with Gasteiger partial charge in [-0.15, -0.1) is 0 Å². The minimum absolute atomic E-state index is 0.0148. The van der Waals surface area contributed by atoms with E-state index >= 15 is 0 Å². The number of nitriles is 1. The highest BCUT2D eigenvalue weighted by Crippen LogP contribution is 2.30. The number of aryl methyl sites for hydroxylation is 1. The van der Waals surface area contributed by atoms with Crippen molar-refractivity contribution in [3.05, 3.63) is 40.7 Å². The van der Waals surface area contributed by atoms with Crippen LogP contribution in [0.15, 0.2) is 18.3 Å². The van der Waals surface area contributed by atoms with E-state index in [0.717, 1.165) is 5.56 Å². The number of aldehydes is 1. The summed E-state index contributed by atoms with van der Waals surface area (Å²) in [6.07, 6.45) is 3.33. The first kappa shape index (κ1) is 27.4. The van der Waals surface area contributed by atoms with Crippen LogP contribution in [-0.2, 0) is 32.0 Å². The zero-order chi connectivity index (χ0) is 28.1. The van der Waals surface area contributed by atoms with E-state index in [-0.39, 0.29) is 54.1 Å². The highest BCUT2D eigenvalue weighted by Gasteiger charge is 2.30. The SMILES string of the molecule is COC1COCC[C@@H]1Oc1cc(NC(=O)N2CCCc3cc(CN4CCOCC4=O)c(C=O)nc32)ncc1C#N. The summed E-state index contributed by atoms with van der Waals surface area (Å²) in [6, 6.07) is 4.94. The van der Waals surface area contributed by atoms with Crippen molar-refractivity contribution in [1.29, 1.82) is 5.26 Å². The molecule has 210 valence electrons. The molecule has 0 radical (unpaired) electrons. The Balaban J connectivity index is 1.34. The molecular formula is C27H30N6O7. The second-order valence-corrected chi connectivity index (χ2v) is 9.66. The number of methoxy groups -OCH3 is 1. The van der Waals surface area contributed by atoms with E-state index in [2.05, 4.69) is 21.4 Å². The van der Waals surface area contributed by atoms with Gasteiger partial charge in [0.2, 0.25) is 5.91 Å². The van der Waals surface area contributed by atoms with E-state index < -0.39 is 6.03 Å². The van der Waals surface area contributed by atoms with Crippen LogP contribution in [0.1, 0.15) is 40.0 Å². The summed E-state index contributed by atoms with van der Waals surface area (Å²) in [5.74, 6) is 0.725. The lowest BCUT2D eigenvalue weighted by molar-refractivity contribution is -0.143. The van der Waals surface area contributed by atoms with Crippen molar-refractivity contribution in [2.75, 3.05) is 56.8 Å². The van der Waals surface area contributed by atoms with Crippen LogP contribution in [0.25, 0.3) is 0 Å². The van der Waals surface area contributed by atoms with Gasteiger partial charge in [0.25, 0.3) is 0 Å². The molecule has 2 aromatic rings. The molecule has 2 aromatic heterocycles. The van der Waals surface area contributed by atoms with E-state index in [1.807, 2.05) is 6.07 Å². The molecular weight excluding hydrogens is 520 g/mol. The maximum Gasteiger partial charge on any atom is 0.328 e. The topological polar surface area (TPSA) is 156 Å². The number of nitrogens with one attached hydrogen (secondary N) is 1. The van der Waals surface area contributed by atoms with Gasteiger partial charge in [0.05, 0.1) is 26.0 Å². The van der Waals surface area contributed by atoms with Gasteiger partial charge in [0, 0.05) is 44.8 Å². The largest absolute Gasteiger partial charge is 0.486 e. The molecule has 3 amide bonds. The first-order valence-corrected chi connectivity index (χ1v) is 13.1. The van der Waals surface area contributed by atoms with Crippen molar-refractivity contribution in [3.8, 4) is 11.8 Å². The zero-order valence-electron chi connectivity index (χ0n) is 22.1. The zero-order valence-corrected chi connectivity index (χ0v) is 22.1. The fourth-order valence-corrected chi connectivity index (χ4v) is 4.98. The predicted octanol–water partition coefficient (Wildman–Crippen LogP) is 1.69. The van der Waals surface area contributed by atoms with Crippen LogP contribution in [0.5, 0.6) is 5.75 Å². The number of pyridine rings is 2. The first-order valence-electron chi connectivity index (χ1n) is 13.1. The number of carbonyl (C=O) groups is 3. The van der Waals surface area contributed by atoms with E-state index in [9.17, 15) is 19.6 Å².